The van der Waals surface area contributed by atoms with Gasteiger partial charge in [-0.25, -0.2) is 4.98 Å². The summed E-state index contributed by atoms with van der Waals surface area (Å²) in [6.07, 6.45) is 4.93. The lowest BCUT2D eigenvalue weighted by Gasteiger charge is -2.25. The molecule has 6 nitrogen and oxygen atoms in total. The lowest BCUT2D eigenvalue weighted by atomic mass is 10.00. The molecule has 0 amide bonds. The highest BCUT2D eigenvalue weighted by atomic mass is 79.9. The molecule has 126 valence electrons. The second-order valence-corrected chi connectivity index (χ2v) is 6.94. The first-order valence-electron chi connectivity index (χ1n) is 7.40. The first kappa shape index (κ1) is 17.1. The molecule has 2 N–H and O–H groups in total. The predicted molar refractivity (Wildman–Crippen MR) is 95.0 cm³/mol. The molecular formula is C16H15BrClN3O3. The lowest BCUT2D eigenvalue weighted by molar-refractivity contribution is -0.120. The monoisotopic (exact) mass is 411 g/mol. The van der Waals surface area contributed by atoms with Gasteiger partial charge in [-0.2, -0.15) is 0 Å². The van der Waals surface area contributed by atoms with Crippen molar-refractivity contribution in [2.24, 2.45) is 0 Å². The minimum Gasteiger partial charge on any atom is -0.391 e. The van der Waals surface area contributed by atoms with Crippen molar-refractivity contribution in [2.45, 2.75) is 31.5 Å². The van der Waals surface area contributed by atoms with Crippen LogP contribution in [0.15, 0.2) is 40.0 Å². The van der Waals surface area contributed by atoms with E-state index in [1.165, 1.54) is 17.0 Å². The number of rotatable bonds is 4. The number of aliphatic hydroxyl groups is 1. The Hall–Kier alpha value is -1.70. The van der Waals surface area contributed by atoms with Gasteiger partial charge in [0, 0.05) is 10.9 Å². The van der Waals surface area contributed by atoms with Crippen molar-refractivity contribution in [1.29, 1.82) is 0 Å². The van der Waals surface area contributed by atoms with Crippen LogP contribution in [0.25, 0.3) is 10.9 Å². The number of aliphatic hydroxyl groups excluding tert-OH is 1. The molecule has 2 heterocycles. The van der Waals surface area contributed by atoms with Gasteiger partial charge in [-0.05, 0) is 40.7 Å². The van der Waals surface area contributed by atoms with E-state index >= 15 is 0 Å². The number of nitrogens with zero attached hydrogens (tertiary/aromatic N) is 2. The van der Waals surface area contributed by atoms with Gasteiger partial charge in [0.1, 0.15) is 0 Å². The molecule has 0 radical (unpaired) electrons. The van der Waals surface area contributed by atoms with Gasteiger partial charge in [0.15, 0.2) is 5.78 Å². The van der Waals surface area contributed by atoms with Crippen LogP contribution in [0.3, 0.4) is 0 Å². The minimum atomic E-state index is -0.610. The Kier molecular flexibility index (Phi) is 5.03. The third-order valence-corrected chi connectivity index (χ3v) is 5.13. The second-order valence-electron chi connectivity index (χ2n) is 5.68. The zero-order valence-electron chi connectivity index (χ0n) is 12.6. The fourth-order valence-electron chi connectivity index (χ4n) is 2.64. The number of carbonyl (C=O) groups is 1. The summed E-state index contributed by atoms with van der Waals surface area (Å²) in [4.78, 5) is 28.9. The zero-order valence-corrected chi connectivity index (χ0v) is 14.9. The highest BCUT2D eigenvalue weighted by Gasteiger charge is 2.23. The summed E-state index contributed by atoms with van der Waals surface area (Å²) < 4.78 is 1.92. The average Bonchev–Trinajstić information content (AvgIpc) is 2.54. The molecule has 2 atom stereocenters. The Morgan fingerprint density at radius 3 is 3.04 bits per heavy atom. The van der Waals surface area contributed by atoms with Gasteiger partial charge < -0.3 is 10.4 Å². The highest BCUT2D eigenvalue weighted by Crippen LogP contribution is 2.25. The van der Waals surface area contributed by atoms with Crippen molar-refractivity contribution < 1.29 is 9.90 Å². The summed E-state index contributed by atoms with van der Waals surface area (Å²) >= 11 is 9.32. The first-order chi connectivity index (χ1) is 11.5. The van der Waals surface area contributed by atoms with Gasteiger partial charge >= 0.3 is 0 Å². The molecule has 2 aromatic rings. The van der Waals surface area contributed by atoms with Crippen LogP contribution in [-0.4, -0.2) is 32.6 Å². The molecule has 0 bridgehead atoms. The predicted octanol–water partition coefficient (Wildman–Crippen LogP) is 2.01. The van der Waals surface area contributed by atoms with E-state index < -0.39 is 6.10 Å². The summed E-state index contributed by atoms with van der Waals surface area (Å²) in [5, 5.41) is 13.6. The van der Waals surface area contributed by atoms with Crippen LogP contribution in [0.1, 0.15) is 12.8 Å². The molecule has 0 aliphatic carbocycles. The Morgan fingerprint density at radius 2 is 2.29 bits per heavy atom. The van der Waals surface area contributed by atoms with E-state index in [1.54, 1.807) is 12.3 Å². The third kappa shape index (κ3) is 3.53. The van der Waals surface area contributed by atoms with E-state index in [4.69, 9.17) is 11.6 Å². The number of benzene rings is 1. The number of fused-ring (bicyclic) bond motifs is 1. The maximum atomic E-state index is 12.5. The molecule has 0 unspecified atom stereocenters. The van der Waals surface area contributed by atoms with Crippen molar-refractivity contribution >= 4 is 44.2 Å². The van der Waals surface area contributed by atoms with E-state index in [0.717, 1.165) is 0 Å². The first-order valence-corrected chi connectivity index (χ1v) is 8.58. The van der Waals surface area contributed by atoms with Crippen molar-refractivity contribution in [3.63, 3.8) is 0 Å². The minimum absolute atomic E-state index is 0.0932. The van der Waals surface area contributed by atoms with Gasteiger partial charge in [-0.3, -0.25) is 14.2 Å². The molecule has 1 aromatic carbocycles. The normalized spacial score (nSPS) is 20.1. The summed E-state index contributed by atoms with van der Waals surface area (Å²) in [7, 11) is 0. The SMILES string of the molecule is O=C(C[C@H]1NC=CC[C@@H]1O)Cn1cnc2cc(Br)c(Cl)cc2c1=O. The van der Waals surface area contributed by atoms with Gasteiger partial charge in [-0.15, -0.1) is 0 Å². The molecule has 1 aliphatic rings. The molecule has 0 saturated carbocycles. The van der Waals surface area contributed by atoms with Crippen LogP contribution in [0.5, 0.6) is 0 Å². The van der Waals surface area contributed by atoms with Crippen LogP contribution >= 0.6 is 27.5 Å². The molecule has 1 aliphatic heterocycles. The number of halogens is 2. The van der Waals surface area contributed by atoms with Gasteiger partial charge in [0.25, 0.3) is 5.56 Å². The molecule has 1 aromatic heterocycles. The molecule has 0 saturated heterocycles. The maximum Gasteiger partial charge on any atom is 0.261 e. The van der Waals surface area contributed by atoms with Gasteiger partial charge in [0.05, 0.1) is 40.9 Å². The Bertz CT molecular complexity index is 881. The van der Waals surface area contributed by atoms with Crippen LogP contribution in [-0.2, 0) is 11.3 Å². The third-order valence-electron chi connectivity index (χ3n) is 3.93. The molecule has 0 spiro atoms. The number of aromatic nitrogens is 2. The van der Waals surface area contributed by atoms with Crippen molar-refractivity contribution in [2.75, 3.05) is 0 Å². The fourth-order valence-corrected chi connectivity index (χ4v) is 3.13. The quantitative estimate of drug-likeness (QED) is 0.802. The zero-order chi connectivity index (χ0) is 17.3. The maximum absolute atomic E-state index is 12.5. The van der Waals surface area contributed by atoms with E-state index in [-0.39, 0.29) is 30.3 Å². The number of carbonyl (C=O) groups excluding carboxylic acids is 1. The Labute approximate surface area is 151 Å². The fraction of sp³-hybridized carbons (Fsp3) is 0.312. The summed E-state index contributed by atoms with van der Waals surface area (Å²) in [5.41, 5.74) is 0.189. The number of ketones is 1. The molecule has 24 heavy (non-hydrogen) atoms. The molecule has 0 fully saturated rings. The van der Waals surface area contributed by atoms with Crippen molar-refractivity contribution in [1.82, 2.24) is 14.9 Å². The topological polar surface area (TPSA) is 84.2 Å². The number of hydrogen-bond acceptors (Lipinski definition) is 5. The van der Waals surface area contributed by atoms with Gasteiger partial charge in [0.2, 0.25) is 0 Å². The Balaban J connectivity index is 1.81. The van der Waals surface area contributed by atoms with E-state index in [1.807, 2.05) is 6.08 Å². The van der Waals surface area contributed by atoms with E-state index in [2.05, 4.69) is 26.2 Å². The van der Waals surface area contributed by atoms with Crippen LogP contribution < -0.4 is 10.9 Å². The van der Waals surface area contributed by atoms with E-state index in [9.17, 15) is 14.7 Å². The molecule has 3 rings (SSSR count). The Morgan fingerprint density at radius 1 is 1.50 bits per heavy atom. The summed E-state index contributed by atoms with van der Waals surface area (Å²) in [6.45, 7) is -0.0932. The number of Topliss-reactive ketones (excluding diaryl/α,β-unsaturated/α-hetero) is 1. The highest BCUT2D eigenvalue weighted by molar-refractivity contribution is 9.10. The number of hydrogen-bond donors (Lipinski definition) is 2. The standard InChI is InChI=1S/C16H15BrClN3O3/c17-11-6-13-10(5-12(11)18)16(24)21(8-20-13)7-9(22)4-14-15(23)2-1-3-19-14/h1,3,5-6,8,14-15,19,23H,2,4,7H2/t14-,15+/m1/s1. The van der Waals surface area contributed by atoms with E-state index in [0.29, 0.717) is 26.8 Å². The molecular weight excluding hydrogens is 398 g/mol. The van der Waals surface area contributed by atoms with Crippen LogP contribution in [0.4, 0.5) is 0 Å². The number of nitrogens with one attached hydrogen (secondary N) is 1. The second kappa shape index (κ2) is 7.04. The lowest BCUT2D eigenvalue weighted by Crippen LogP contribution is -2.41. The van der Waals surface area contributed by atoms with Crippen LogP contribution in [0, 0.1) is 0 Å². The smallest absolute Gasteiger partial charge is 0.261 e. The van der Waals surface area contributed by atoms with Gasteiger partial charge in [-0.1, -0.05) is 17.7 Å². The van der Waals surface area contributed by atoms with Crippen molar-refractivity contribution in [3.05, 3.63) is 50.6 Å². The van der Waals surface area contributed by atoms with Crippen LogP contribution in [0.2, 0.25) is 5.02 Å². The average molecular weight is 413 g/mol. The van der Waals surface area contributed by atoms with Crippen molar-refractivity contribution in [3.8, 4) is 0 Å². The summed E-state index contributed by atoms with van der Waals surface area (Å²) in [5.74, 6) is -0.159. The molecule has 8 heteroatoms. The largest absolute Gasteiger partial charge is 0.391 e. The summed E-state index contributed by atoms with van der Waals surface area (Å²) in [6, 6.07) is 2.87.